The monoisotopic (exact) mass is 530 g/mol. The molecule has 30 heavy (non-hydrogen) atoms. The molecular formula is C21H35IN6O2. The predicted molar refractivity (Wildman–Crippen MR) is 131 cm³/mol. The first-order chi connectivity index (χ1) is 13.9. The van der Waals surface area contributed by atoms with Crippen LogP contribution in [0.5, 0.6) is 5.75 Å². The fourth-order valence-corrected chi connectivity index (χ4v) is 2.89. The molecular weight excluding hydrogens is 495 g/mol. The Kier molecular flexibility index (Phi) is 11.7. The number of likely N-dealkylation sites (N-methyl/N-ethyl adjacent to an activating group) is 1. The van der Waals surface area contributed by atoms with Crippen molar-refractivity contribution in [1.29, 1.82) is 0 Å². The zero-order valence-corrected chi connectivity index (χ0v) is 21.3. The van der Waals surface area contributed by atoms with Crippen LogP contribution >= 0.6 is 24.0 Å². The number of nitrogens with zero attached hydrogens (tertiary/aromatic N) is 5. The lowest BCUT2D eigenvalue weighted by Crippen LogP contribution is -2.41. The number of guanidine groups is 1. The van der Waals surface area contributed by atoms with Gasteiger partial charge in [-0.05, 0) is 50.5 Å². The number of hydrogen-bond donors (Lipinski definition) is 1. The number of aliphatic imine (C=N–C) groups is 1. The maximum absolute atomic E-state index is 5.95. The van der Waals surface area contributed by atoms with Crippen LogP contribution in [-0.4, -0.2) is 66.1 Å². The summed E-state index contributed by atoms with van der Waals surface area (Å²) >= 11 is 0. The first-order valence-electron chi connectivity index (χ1n) is 9.95. The molecule has 1 N–H and O–H groups in total. The molecule has 0 saturated heterocycles. The molecule has 0 aliphatic carbocycles. The Bertz CT molecular complexity index is 789. The van der Waals surface area contributed by atoms with Crippen molar-refractivity contribution in [2.45, 2.75) is 33.7 Å². The number of ether oxygens (including phenoxy) is 2. The minimum Gasteiger partial charge on any atom is -0.492 e. The van der Waals surface area contributed by atoms with Crippen LogP contribution in [0.15, 0.2) is 23.2 Å². The van der Waals surface area contributed by atoms with Crippen molar-refractivity contribution >= 4 is 29.9 Å². The number of halogens is 1. The van der Waals surface area contributed by atoms with Crippen molar-refractivity contribution in [3.8, 4) is 5.75 Å². The summed E-state index contributed by atoms with van der Waals surface area (Å²) in [5.74, 6) is 3.42. The SMILES string of the molecule is COCCCNC(=NCc1nnc(C)n1C)N(C)CCOc1cc(C)cc(C)c1.I. The quantitative estimate of drug-likeness (QED) is 0.221. The van der Waals surface area contributed by atoms with E-state index in [0.29, 0.717) is 26.3 Å². The Labute approximate surface area is 197 Å². The van der Waals surface area contributed by atoms with E-state index in [1.807, 2.05) is 25.6 Å². The van der Waals surface area contributed by atoms with Crippen LogP contribution in [0, 0.1) is 20.8 Å². The van der Waals surface area contributed by atoms with E-state index < -0.39 is 0 Å². The molecule has 0 saturated carbocycles. The molecule has 0 atom stereocenters. The number of aryl methyl sites for hydroxylation is 3. The normalized spacial score (nSPS) is 11.2. The highest BCUT2D eigenvalue weighted by Crippen LogP contribution is 2.16. The Morgan fingerprint density at radius 2 is 1.83 bits per heavy atom. The molecule has 0 aliphatic heterocycles. The van der Waals surface area contributed by atoms with Gasteiger partial charge in [-0.2, -0.15) is 0 Å². The Balaban J connectivity index is 0.00000450. The number of hydrogen-bond acceptors (Lipinski definition) is 5. The van der Waals surface area contributed by atoms with Crippen molar-refractivity contribution in [1.82, 2.24) is 25.0 Å². The van der Waals surface area contributed by atoms with Gasteiger partial charge in [0.1, 0.15) is 24.7 Å². The summed E-state index contributed by atoms with van der Waals surface area (Å²) in [6.45, 7) is 9.33. The zero-order valence-electron chi connectivity index (χ0n) is 18.9. The molecule has 9 heteroatoms. The number of methoxy groups -OCH3 is 1. The van der Waals surface area contributed by atoms with Gasteiger partial charge in [0.2, 0.25) is 0 Å². The highest BCUT2D eigenvalue weighted by atomic mass is 127. The van der Waals surface area contributed by atoms with E-state index in [-0.39, 0.29) is 24.0 Å². The summed E-state index contributed by atoms with van der Waals surface area (Å²) in [7, 11) is 5.67. The highest BCUT2D eigenvalue weighted by Gasteiger charge is 2.09. The summed E-state index contributed by atoms with van der Waals surface area (Å²) in [4.78, 5) is 6.80. The van der Waals surface area contributed by atoms with Gasteiger partial charge in [0.25, 0.3) is 0 Å². The molecule has 0 unspecified atom stereocenters. The summed E-state index contributed by atoms with van der Waals surface area (Å²) in [6.07, 6.45) is 0.908. The fraction of sp³-hybridized carbons (Fsp3) is 0.571. The highest BCUT2D eigenvalue weighted by molar-refractivity contribution is 14.0. The molecule has 168 valence electrons. The van der Waals surface area contributed by atoms with Gasteiger partial charge in [-0.3, -0.25) is 0 Å². The molecule has 2 aromatic rings. The van der Waals surface area contributed by atoms with Crippen LogP contribution in [0.25, 0.3) is 0 Å². The minimum atomic E-state index is 0. The van der Waals surface area contributed by atoms with E-state index in [9.17, 15) is 0 Å². The smallest absolute Gasteiger partial charge is 0.194 e. The van der Waals surface area contributed by atoms with Gasteiger partial charge in [-0.1, -0.05) is 6.07 Å². The van der Waals surface area contributed by atoms with E-state index in [2.05, 4.69) is 52.5 Å². The number of benzene rings is 1. The second-order valence-corrected chi connectivity index (χ2v) is 7.23. The van der Waals surface area contributed by atoms with Crippen molar-refractivity contribution in [3.63, 3.8) is 0 Å². The third-order valence-corrected chi connectivity index (χ3v) is 4.61. The number of nitrogens with one attached hydrogen (secondary N) is 1. The topological polar surface area (TPSA) is 76.8 Å². The van der Waals surface area contributed by atoms with E-state index in [4.69, 9.17) is 14.5 Å². The molecule has 1 heterocycles. The van der Waals surface area contributed by atoms with Crippen LogP contribution in [0.1, 0.15) is 29.2 Å². The third kappa shape index (κ3) is 8.47. The third-order valence-electron chi connectivity index (χ3n) is 4.61. The van der Waals surface area contributed by atoms with Gasteiger partial charge in [0.15, 0.2) is 11.8 Å². The van der Waals surface area contributed by atoms with Crippen molar-refractivity contribution in [2.75, 3.05) is 40.5 Å². The lowest BCUT2D eigenvalue weighted by atomic mass is 10.1. The van der Waals surface area contributed by atoms with Crippen LogP contribution in [0.2, 0.25) is 0 Å². The van der Waals surface area contributed by atoms with Crippen LogP contribution in [-0.2, 0) is 18.3 Å². The van der Waals surface area contributed by atoms with Gasteiger partial charge < -0.3 is 24.3 Å². The molecule has 0 fully saturated rings. The average Bonchev–Trinajstić information content (AvgIpc) is 2.98. The van der Waals surface area contributed by atoms with Crippen molar-refractivity contribution in [2.24, 2.45) is 12.0 Å². The van der Waals surface area contributed by atoms with E-state index >= 15 is 0 Å². The first-order valence-corrected chi connectivity index (χ1v) is 9.95. The van der Waals surface area contributed by atoms with Gasteiger partial charge >= 0.3 is 0 Å². The molecule has 1 aromatic carbocycles. The molecule has 8 nitrogen and oxygen atoms in total. The maximum Gasteiger partial charge on any atom is 0.194 e. The van der Waals surface area contributed by atoms with Gasteiger partial charge in [-0.15, -0.1) is 34.2 Å². The lowest BCUT2D eigenvalue weighted by Gasteiger charge is -2.22. The molecule has 2 rings (SSSR count). The second kappa shape index (κ2) is 13.4. The predicted octanol–water partition coefficient (Wildman–Crippen LogP) is 2.85. The molecule has 0 amide bonds. The Morgan fingerprint density at radius 3 is 2.43 bits per heavy atom. The van der Waals surface area contributed by atoms with E-state index in [0.717, 1.165) is 36.3 Å². The van der Waals surface area contributed by atoms with Crippen LogP contribution < -0.4 is 10.1 Å². The number of aromatic nitrogens is 3. The zero-order chi connectivity index (χ0) is 21.2. The average molecular weight is 530 g/mol. The molecule has 0 radical (unpaired) electrons. The van der Waals surface area contributed by atoms with Crippen LogP contribution in [0.3, 0.4) is 0 Å². The Hall–Kier alpha value is -1.88. The van der Waals surface area contributed by atoms with E-state index in [1.54, 1.807) is 7.11 Å². The largest absolute Gasteiger partial charge is 0.492 e. The van der Waals surface area contributed by atoms with Crippen molar-refractivity contribution in [3.05, 3.63) is 41.0 Å². The first kappa shape index (κ1) is 26.2. The summed E-state index contributed by atoms with van der Waals surface area (Å²) in [6, 6.07) is 6.25. The van der Waals surface area contributed by atoms with Crippen LogP contribution in [0.4, 0.5) is 0 Å². The van der Waals surface area contributed by atoms with Gasteiger partial charge in [-0.25, -0.2) is 4.99 Å². The summed E-state index contributed by atoms with van der Waals surface area (Å²) in [5, 5.41) is 11.7. The molecule has 0 spiro atoms. The molecule has 0 aliphatic rings. The number of rotatable bonds is 10. The van der Waals surface area contributed by atoms with E-state index in [1.165, 1.54) is 11.1 Å². The minimum absolute atomic E-state index is 0. The standard InChI is InChI=1S/C21H34N6O2.HI/c1-16-12-17(2)14-19(13-16)29-11-9-26(4)21(22-8-7-10-28-6)23-15-20-25-24-18(3)27(20)5;/h12-14H,7-11,15H2,1-6H3,(H,22,23);1H. The van der Waals surface area contributed by atoms with Gasteiger partial charge in [0.05, 0.1) is 6.54 Å². The molecule has 0 bridgehead atoms. The summed E-state index contributed by atoms with van der Waals surface area (Å²) < 4.78 is 13.0. The fourth-order valence-electron chi connectivity index (χ4n) is 2.89. The van der Waals surface area contributed by atoms with Gasteiger partial charge in [0, 0.05) is 34.4 Å². The maximum atomic E-state index is 5.95. The summed E-state index contributed by atoms with van der Waals surface area (Å²) in [5.41, 5.74) is 2.41. The second-order valence-electron chi connectivity index (χ2n) is 7.23. The Morgan fingerprint density at radius 1 is 1.13 bits per heavy atom. The molecule has 1 aromatic heterocycles. The lowest BCUT2D eigenvalue weighted by molar-refractivity contribution is 0.195. The van der Waals surface area contributed by atoms with Crippen molar-refractivity contribution < 1.29 is 9.47 Å².